The van der Waals surface area contributed by atoms with Crippen LogP contribution in [-0.2, 0) is 14.3 Å². The summed E-state index contributed by atoms with van der Waals surface area (Å²) in [5, 5.41) is 12.2. The molecule has 2 N–H and O–H groups in total. The van der Waals surface area contributed by atoms with Crippen LogP contribution in [0.4, 0.5) is 11.4 Å². The second-order valence-electron chi connectivity index (χ2n) is 7.47. The first-order chi connectivity index (χ1) is 14.0. The molecule has 0 radical (unpaired) electrons. The molecule has 2 heterocycles. The number of amides is 1. The Hall–Kier alpha value is -2.74. The summed E-state index contributed by atoms with van der Waals surface area (Å²) in [5.41, 5.74) is 2.06. The molecule has 0 aromatic heterocycles. The van der Waals surface area contributed by atoms with Gasteiger partial charge in [0.1, 0.15) is 11.4 Å². The zero-order valence-electron chi connectivity index (χ0n) is 17.2. The van der Waals surface area contributed by atoms with E-state index in [4.69, 9.17) is 9.47 Å². The van der Waals surface area contributed by atoms with Crippen molar-refractivity contribution in [2.75, 3.05) is 57.2 Å². The Labute approximate surface area is 171 Å². The molecule has 2 aliphatic rings. The van der Waals surface area contributed by atoms with Gasteiger partial charge in [-0.05, 0) is 30.9 Å². The Balaban J connectivity index is 1.85. The molecule has 0 bridgehead atoms. The zero-order chi connectivity index (χ0) is 21.0. The van der Waals surface area contributed by atoms with Crippen LogP contribution in [0.15, 0.2) is 29.5 Å². The minimum atomic E-state index is -0.570. The fraction of sp³-hybridized carbons (Fsp3) is 0.524. The monoisotopic (exact) mass is 403 g/mol. The summed E-state index contributed by atoms with van der Waals surface area (Å²) in [5.74, 6) is 0.411. The molecule has 1 amide bonds. The SMILES string of the molecule is COC(=O)C1=C(Nc2ccc(N3CCC(C)CC3)cc2OC)C(=O)N(CCO)C1. The fourth-order valence-corrected chi connectivity index (χ4v) is 3.73. The number of esters is 1. The molecule has 1 fully saturated rings. The highest BCUT2D eigenvalue weighted by molar-refractivity contribution is 6.08. The first-order valence-corrected chi connectivity index (χ1v) is 9.90. The largest absolute Gasteiger partial charge is 0.494 e. The Morgan fingerprint density at radius 1 is 1.28 bits per heavy atom. The number of β-amino-alcohol motifs (C(OH)–C–C–N with tert-alkyl or cyclic N) is 1. The molecule has 1 aromatic rings. The number of piperidine rings is 1. The van der Waals surface area contributed by atoms with E-state index in [1.54, 1.807) is 7.11 Å². The van der Waals surface area contributed by atoms with Gasteiger partial charge in [0.2, 0.25) is 0 Å². The number of hydrogen-bond donors (Lipinski definition) is 2. The summed E-state index contributed by atoms with van der Waals surface area (Å²) in [6, 6.07) is 5.79. The van der Waals surface area contributed by atoms with Crippen LogP contribution in [0.25, 0.3) is 0 Å². The number of carbonyl (C=O) groups is 2. The first kappa shape index (κ1) is 21.0. The van der Waals surface area contributed by atoms with Crippen molar-refractivity contribution in [1.82, 2.24) is 4.90 Å². The first-order valence-electron chi connectivity index (χ1n) is 9.90. The van der Waals surface area contributed by atoms with Gasteiger partial charge in [0.25, 0.3) is 5.91 Å². The topological polar surface area (TPSA) is 91.3 Å². The smallest absolute Gasteiger partial charge is 0.337 e. The van der Waals surface area contributed by atoms with Crippen molar-refractivity contribution in [2.24, 2.45) is 5.92 Å². The van der Waals surface area contributed by atoms with Gasteiger partial charge < -0.3 is 29.7 Å². The minimum Gasteiger partial charge on any atom is -0.494 e. The molecule has 0 spiro atoms. The van der Waals surface area contributed by atoms with E-state index >= 15 is 0 Å². The molecule has 29 heavy (non-hydrogen) atoms. The molecule has 158 valence electrons. The number of anilines is 2. The summed E-state index contributed by atoms with van der Waals surface area (Å²) < 4.78 is 10.4. The second kappa shape index (κ2) is 9.17. The second-order valence-corrected chi connectivity index (χ2v) is 7.47. The summed E-state index contributed by atoms with van der Waals surface area (Å²) in [7, 11) is 2.85. The van der Waals surface area contributed by atoms with Crippen LogP contribution in [-0.4, -0.2) is 68.9 Å². The van der Waals surface area contributed by atoms with Gasteiger partial charge in [-0.3, -0.25) is 4.79 Å². The van der Waals surface area contributed by atoms with Gasteiger partial charge in [0.15, 0.2) is 0 Å². The van der Waals surface area contributed by atoms with E-state index in [1.807, 2.05) is 18.2 Å². The maximum absolute atomic E-state index is 12.7. The van der Waals surface area contributed by atoms with Crippen molar-refractivity contribution in [3.05, 3.63) is 29.5 Å². The highest BCUT2D eigenvalue weighted by atomic mass is 16.5. The molecule has 0 aliphatic carbocycles. The molecule has 3 rings (SSSR count). The van der Waals surface area contributed by atoms with Gasteiger partial charge in [-0.25, -0.2) is 4.79 Å². The molecular weight excluding hydrogens is 374 g/mol. The standard InChI is InChI=1S/C21H29N3O5/c1-14-6-8-23(9-7-14)15-4-5-17(18(12-15)28-2)22-19-16(21(27)29-3)13-24(10-11-25)20(19)26/h4-5,12,14,22,25H,6-11,13H2,1-3H3. The maximum atomic E-state index is 12.7. The molecule has 1 saturated heterocycles. The van der Waals surface area contributed by atoms with Crippen LogP contribution in [0.2, 0.25) is 0 Å². The Bertz CT molecular complexity index is 800. The summed E-state index contributed by atoms with van der Waals surface area (Å²) in [6.45, 7) is 4.34. The van der Waals surface area contributed by atoms with Crippen molar-refractivity contribution < 1.29 is 24.2 Å². The van der Waals surface area contributed by atoms with E-state index in [9.17, 15) is 14.7 Å². The number of nitrogens with one attached hydrogen (secondary N) is 1. The number of nitrogens with zero attached hydrogens (tertiary/aromatic N) is 2. The third kappa shape index (κ3) is 4.48. The van der Waals surface area contributed by atoms with Crippen LogP contribution in [0.1, 0.15) is 19.8 Å². The van der Waals surface area contributed by atoms with E-state index in [2.05, 4.69) is 17.1 Å². The van der Waals surface area contributed by atoms with Gasteiger partial charge in [-0.15, -0.1) is 0 Å². The fourth-order valence-electron chi connectivity index (χ4n) is 3.73. The molecule has 1 aromatic carbocycles. The number of aliphatic hydroxyl groups excluding tert-OH is 1. The average Bonchev–Trinajstić information content (AvgIpc) is 3.04. The predicted octanol–water partition coefficient (Wildman–Crippen LogP) is 1.60. The molecule has 8 heteroatoms. The molecule has 2 aliphatic heterocycles. The maximum Gasteiger partial charge on any atom is 0.337 e. The van der Waals surface area contributed by atoms with Crippen LogP contribution in [0.5, 0.6) is 5.75 Å². The van der Waals surface area contributed by atoms with Crippen molar-refractivity contribution in [2.45, 2.75) is 19.8 Å². The number of carbonyl (C=O) groups excluding carboxylic acids is 2. The van der Waals surface area contributed by atoms with E-state index in [1.165, 1.54) is 12.0 Å². The van der Waals surface area contributed by atoms with Crippen LogP contribution >= 0.6 is 0 Å². The lowest BCUT2D eigenvalue weighted by atomic mass is 9.99. The van der Waals surface area contributed by atoms with Crippen LogP contribution in [0, 0.1) is 5.92 Å². The number of methoxy groups -OCH3 is 2. The summed E-state index contributed by atoms with van der Waals surface area (Å²) in [4.78, 5) is 28.6. The number of rotatable bonds is 7. The third-order valence-electron chi connectivity index (χ3n) is 5.55. The van der Waals surface area contributed by atoms with Crippen LogP contribution in [0.3, 0.4) is 0 Å². The molecule has 0 unspecified atom stereocenters. The molecule has 0 atom stereocenters. The van der Waals surface area contributed by atoms with Crippen LogP contribution < -0.4 is 15.0 Å². The van der Waals surface area contributed by atoms with E-state index in [0.29, 0.717) is 11.4 Å². The van der Waals surface area contributed by atoms with E-state index in [-0.39, 0.29) is 36.9 Å². The van der Waals surface area contributed by atoms with E-state index < -0.39 is 5.97 Å². The summed E-state index contributed by atoms with van der Waals surface area (Å²) >= 11 is 0. The Morgan fingerprint density at radius 2 is 2.00 bits per heavy atom. The highest BCUT2D eigenvalue weighted by Gasteiger charge is 2.34. The van der Waals surface area contributed by atoms with Crippen molar-refractivity contribution in [1.29, 1.82) is 0 Å². The third-order valence-corrected chi connectivity index (χ3v) is 5.55. The number of benzene rings is 1. The Kier molecular flexibility index (Phi) is 6.64. The number of aliphatic hydroxyl groups is 1. The lowest BCUT2D eigenvalue weighted by molar-refractivity contribution is -0.136. The average molecular weight is 403 g/mol. The molecule has 0 saturated carbocycles. The minimum absolute atomic E-state index is 0.0980. The van der Waals surface area contributed by atoms with Gasteiger partial charge in [0.05, 0.1) is 38.6 Å². The normalized spacial score (nSPS) is 17.7. The number of ether oxygens (including phenoxy) is 2. The van der Waals surface area contributed by atoms with Gasteiger partial charge in [-0.1, -0.05) is 6.92 Å². The predicted molar refractivity (Wildman–Crippen MR) is 110 cm³/mol. The lowest BCUT2D eigenvalue weighted by Gasteiger charge is -2.32. The summed E-state index contributed by atoms with van der Waals surface area (Å²) in [6.07, 6.45) is 2.32. The lowest BCUT2D eigenvalue weighted by Crippen LogP contribution is -2.32. The Morgan fingerprint density at radius 3 is 2.62 bits per heavy atom. The van der Waals surface area contributed by atoms with E-state index in [0.717, 1.165) is 37.5 Å². The molecule has 8 nitrogen and oxygen atoms in total. The van der Waals surface area contributed by atoms with Crippen molar-refractivity contribution in [3.8, 4) is 5.75 Å². The van der Waals surface area contributed by atoms with Crippen molar-refractivity contribution >= 4 is 23.3 Å². The molecular formula is C21H29N3O5. The zero-order valence-corrected chi connectivity index (χ0v) is 17.2. The number of hydrogen-bond acceptors (Lipinski definition) is 7. The van der Waals surface area contributed by atoms with Gasteiger partial charge in [-0.2, -0.15) is 0 Å². The van der Waals surface area contributed by atoms with Gasteiger partial charge in [0, 0.05) is 31.4 Å². The van der Waals surface area contributed by atoms with Gasteiger partial charge >= 0.3 is 5.97 Å². The highest BCUT2D eigenvalue weighted by Crippen LogP contribution is 2.34. The quantitative estimate of drug-likeness (QED) is 0.668. The van der Waals surface area contributed by atoms with Crippen molar-refractivity contribution in [3.63, 3.8) is 0 Å².